The summed E-state index contributed by atoms with van der Waals surface area (Å²) in [6.07, 6.45) is 23.8. The molecule has 6 heteroatoms. The lowest BCUT2D eigenvalue weighted by Gasteiger charge is -2.21. The number of rotatable bonds is 25. The largest absolute Gasteiger partial charge is 0.459 e. The Morgan fingerprint density at radius 3 is 1.98 bits per heavy atom. The molecule has 1 unspecified atom stereocenters. The number of carbonyl (C=O) groups is 1. The molecule has 0 amide bonds. The number of carbonyl (C=O) groups excluding carboxylic acids is 1. The van der Waals surface area contributed by atoms with Crippen molar-refractivity contribution in [2.45, 2.75) is 123 Å². The average Bonchev–Trinajstić information content (AvgIpc) is 3.41. The van der Waals surface area contributed by atoms with E-state index in [2.05, 4.69) is 36.5 Å². The monoisotopic (exact) mass is 557 g/mol. The minimum Gasteiger partial charge on any atom is -0.459 e. The normalized spacial score (nSPS) is 13.8. The van der Waals surface area contributed by atoms with Crippen LogP contribution in [0.4, 0.5) is 0 Å². The van der Waals surface area contributed by atoms with Gasteiger partial charge in [0.15, 0.2) is 0 Å². The minimum atomic E-state index is -0.321. The molecule has 0 spiro atoms. The summed E-state index contributed by atoms with van der Waals surface area (Å²) >= 11 is 0. The zero-order valence-electron chi connectivity index (χ0n) is 25.8. The number of hydrogen-bond donors (Lipinski definition) is 0. The fraction of sp³-hybridized carbons (Fsp3) is 0.706. The second-order valence-corrected chi connectivity index (χ2v) is 11.1. The van der Waals surface area contributed by atoms with E-state index in [1.54, 1.807) is 7.11 Å². The molecule has 0 N–H and O–H groups in total. The number of methoxy groups -OCH3 is 1. The Morgan fingerprint density at radius 1 is 0.750 bits per heavy atom. The standard InChI is InChI=1S/C34H57N2O4/c1-4-6-7-8-9-10-11-12-13-14-15-16-17-20-26-39-28-32(38-3)29-40-34(37)33-22-19-18-21-31(33)27-36-25-24-35(30-36)23-5-2/h18-19,21-22,24-25,30,32H,4-17,20,23,26-29H2,1-3H3. The van der Waals surface area contributed by atoms with Crippen LogP contribution in [0.25, 0.3) is 0 Å². The Kier molecular flexibility index (Phi) is 19.3. The molecular formula is C34H57N2O4. The fourth-order valence-corrected chi connectivity index (χ4v) is 5.02. The Morgan fingerprint density at radius 2 is 1.35 bits per heavy atom. The van der Waals surface area contributed by atoms with Crippen LogP contribution in [0.15, 0.2) is 36.7 Å². The summed E-state index contributed by atoms with van der Waals surface area (Å²) in [5.74, 6) is -0.321. The first-order chi connectivity index (χ1) is 19.7. The third-order valence-corrected chi connectivity index (χ3v) is 7.50. The van der Waals surface area contributed by atoms with Gasteiger partial charge < -0.3 is 24.0 Å². The molecule has 1 aliphatic rings. The SMILES string of the molecule is CCCCCCCCCCCCCCCCOCC(COC(=O)c1ccccc1CN1[CH]N(CCC)C=C1)OC. The quantitative estimate of drug-likeness (QED) is 0.0888. The molecule has 0 saturated carbocycles. The topological polar surface area (TPSA) is 51.2 Å². The number of nitrogens with zero attached hydrogens (tertiary/aromatic N) is 2. The summed E-state index contributed by atoms with van der Waals surface area (Å²) < 4.78 is 17.0. The molecule has 0 fully saturated rings. The van der Waals surface area contributed by atoms with Crippen molar-refractivity contribution in [1.29, 1.82) is 0 Å². The average molecular weight is 558 g/mol. The van der Waals surface area contributed by atoms with Crippen LogP contribution < -0.4 is 0 Å². The predicted octanol–water partition coefficient (Wildman–Crippen LogP) is 8.47. The maximum absolute atomic E-state index is 12.9. The van der Waals surface area contributed by atoms with Crippen molar-refractivity contribution in [2.24, 2.45) is 0 Å². The minimum absolute atomic E-state index is 0.183. The van der Waals surface area contributed by atoms with Gasteiger partial charge in [-0.25, -0.2) is 4.79 Å². The lowest BCUT2D eigenvalue weighted by molar-refractivity contribution is -0.0315. The van der Waals surface area contributed by atoms with Gasteiger partial charge in [0.1, 0.15) is 19.4 Å². The molecule has 0 saturated heterocycles. The smallest absolute Gasteiger partial charge is 0.338 e. The van der Waals surface area contributed by atoms with E-state index in [4.69, 9.17) is 14.2 Å². The van der Waals surface area contributed by atoms with Gasteiger partial charge in [-0.3, -0.25) is 0 Å². The number of unbranched alkanes of at least 4 members (excludes halogenated alkanes) is 13. The van der Waals surface area contributed by atoms with Crippen LogP contribution in [0.1, 0.15) is 126 Å². The van der Waals surface area contributed by atoms with Crippen molar-refractivity contribution in [1.82, 2.24) is 9.80 Å². The fourth-order valence-electron chi connectivity index (χ4n) is 5.02. The Hall–Kier alpha value is -2.05. The van der Waals surface area contributed by atoms with E-state index in [1.165, 1.54) is 83.5 Å². The Labute approximate surface area is 245 Å². The summed E-state index contributed by atoms with van der Waals surface area (Å²) in [5, 5.41) is 0. The Bertz CT molecular complexity index is 800. The van der Waals surface area contributed by atoms with E-state index in [9.17, 15) is 4.79 Å². The second-order valence-electron chi connectivity index (χ2n) is 11.1. The van der Waals surface area contributed by atoms with Gasteiger partial charge in [0.2, 0.25) is 0 Å². The van der Waals surface area contributed by atoms with Crippen LogP contribution in [-0.2, 0) is 20.8 Å². The molecule has 1 atom stereocenters. The van der Waals surface area contributed by atoms with Crippen LogP contribution in [0.2, 0.25) is 0 Å². The van der Waals surface area contributed by atoms with Crippen molar-refractivity contribution in [3.8, 4) is 0 Å². The van der Waals surface area contributed by atoms with Crippen LogP contribution in [0.5, 0.6) is 0 Å². The lowest BCUT2D eigenvalue weighted by Crippen LogP contribution is -2.27. The number of hydrogen-bond acceptors (Lipinski definition) is 6. The van der Waals surface area contributed by atoms with Gasteiger partial charge in [0.05, 0.1) is 12.2 Å². The van der Waals surface area contributed by atoms with Crippen LogP contribution in [0, 0.1) is 6.67 Å². The van der Waals surface area contributed by atoms with Crippen molar-refractivity contribution < 1.29 is 19.0 Å². The van der Waals surface area contributed by atoms with Gasteiger partial charge in [-0.2, -0.15) is 0 Å². The van der Waals surface area contributed by atoms with Crippen LogP contribution in [-0.4, -0.2) is 55.3 Å². The third-order valence-electron chi connectivity index (χ3n) is 7.50. The van der Waals surface area contributed by atoms with Gasteiger partial charge in [-0.15, -0.1) is 0 Å². The van der Waals surface area contributed by atoms with Crippen LogP contribution >= 0.6 is 0 Å². The van der Waals surface area contributed by atoms with Crippen molar-refractivity contribution in [3.63, 3.8) is 0 Å². The summed E-state index contributed by atoms with van der Waals surface area (Å²) in [5.41, 5.74) is 1.53. The zero-order valence-corrected chi connectivity index (χ0v) is 25.8. The molecule has 0 aromatic heterocycles. The molecule has 227 valence electrons. The summed E-state index contributed by atoms with van der Waals surface area (Å²) in [7, 11) is 1.64. The van der Waals surface area contributed by atoms with E-state index in [0.717, 1.165) is 31.6 Å². The molecule has 2 rings (SSSR count). The first-order valence-corrected chi connectivity index (χ1v) is 16.1. The Balaban J connectivity index is 1.51. The molecule has 0 bridgehead atoms. The number of esters is 1. The van der Waals surface area contributed by atoms with E-state index >= 15 is 0 Å². The molecule has 6 nitrogen and oxygen atoms in total. The highest BCUT2D eigenvalue weighted by Gasteiger charge is 2.19. The predicted molar refractivity (Wildman–Crippen MR) is 165 cm³/mol. The van der Waals surface area contributed by atoms with Crippen molar-refractivity contribution in [2.75, 3.05) is 33.5 Å². The summed E-state index contributed by atoms with van der Waals surface area (Å²) in [6, 6.07) is 7.64. The molecule has 1 heterocycles. The number of benzene rings is 1. The molecule has 1 aromatic carbocycles. The molecule has 1 radical (unpaired) electrons. The highest BCUT2D eigenvalue weighted by molar-refractivity contribution is 5.91. The number of ether oxygens (including phenoxy) is 3. The van der Waals surface area contributed by atoms with E-state index in [-0.39, 0.29) is 18.7 Å². The van der Waals surface area contributed by atoms with Crippen LogP contribution in [0.3, 0.4) is 0 Å². The molecule has 0 aliphatic carbocycles. The molecular weight excluding hydrogens is 500 g/mol. The maximum Gasteiger partial charge on any atom is 0.338 e. The summed E-state index contributed by atoms with van der Waals surface area (Å²) in [6.45, 7) is 9.46. The van der Waals surface area contributed by atoms with Crippen molar-refractivity contribution >= 4 is 5.97 Å². The zero-order chi connectivity index (χ0) is 28.7. The van der Waals surface area contributed by atoms with Gasteiger partial charge >= 0.3 is 5.97 Å². The highest BCUT2D eigenvalue weighted by atomic mass is 16.6. The lowest BCUT2D eigenvalue weighted by atomic mass is 10.0. The molecule has 1 aromatic rings. The van der Waals surface area contributed by atoms with Gasteiger partial charge in [0.25, 0.3) is 0 Å². The maximum atomic E-state index is 12.9. The van der Waals surface area contributed by atoms with Gasteiger partial charge in [-0.05, 0) is 24.5 Å². The molecule has 1 aliphatic heterocycles. The van der Waals surface area contributed by atoms with Gasteiger partial charge in [-0.1, -0.05) is 116 Å². The van der Waals surface area contributed by atoms with E-state index < -0.39 is 0 Å². The first-order valence-electron chi connectivity index (χ1n) is 16.1. The van der Waals surface area contributed by atoms with E-state index in [1.807, 2.05) is 30.5 Å². The first kappa shape index (κ1) is 34.2. The third kappa shape index (κ3) is 15.1. The second kappa shape index (κ2) is 22.6. The summed E-state index contributed by atoms with van der Waals surface area (Å²) in [4.78, 5) is 17.1. The van der Waals surface area contributed by atoms with E-state index in [0.29, 0.717) is 18.7 Å². The van der Waals surface area contributed by atoms with Crippen molar-refractivity contribution in [3.05, 3.63) is 54.5 Å². The molecule has 40 heavy (non-hydrogen) atoms. The van der Waals surface area contributed by atoms with Gasteiger partial charge in [0, 0.05) is 39.2 Å². The highest BCUT2D eigenvalue weighted by Crippen LogP contribution is 2.19.